The van der Waals surface area contributed by atoms with Gasteiger partial charge in [0, 0.05) is 0 Å². The number of quaternary nitrogens is 1. The Kier molecular flexibility index (Phi) is 3.94. The van der Waals surface area contributed by atoms with Gasteiger partial charge in [-0.05, 0) is 12.1 Å². The number of aromatic nitrogens is 2. The molecule has 6 heteroatoms. The van der Waals surface area contributed by atoms with E-state index in [0.717, 1.165) is 37.6 Å². The van der Waals surface area contributed by atoms with Crippen LogP contribution in [0.25, 0.3) is 5.69 Å². The third-order valence-electron chi connectivity index (χ3n) is 3.86. The molecule has 0 aliphatic carbocycles. The average Bonchev–Trinajstić information content (AvgIpc) is 2.52. The topological polar surface area (TPSA) is 42.6 Å². The molecule has 0 spiro atoms. The Morgan fingerprint density at radius 2 is 1.86 bits per heavy atom. The number of nitrogens with one attached hydrogen (secondary N) is 1. The largest absolute Gasteiger partial charge is 0.358 e. The molecule has 1 aliphatic rings. The van der Waals surface area contributed by atoms with E-state index >= 15 is 0 Å². The Labute approximate surface area is 128 Å². The van der Waals surface area contributed by atoms with Crippen molar-refractivity contribution in [1.82, 2.24) is 9.78 Å². The molecule has 3 rings (SSSR count). The summed E-state index contributed by atoms with van der Waals surface area (Å²) in [5.74, 6) is 0. The van der Waals surface area contributed by atoms with Gasteiger partial charge in [0.2, 0.25) is 0 Å². The summed E-state index contributed by atoms with van der Waals surface area (Å²) in [7, 11) is 2.17. The van der Waals surface area contributed by atoms with E-state index in [-0.39, 0.29) is 10.6 Å². The van der Waals surface area contributed by atoms with Crippen molar-refractivity contribution < 1.29 is 4.90 Å². The van der Waals surface area contributed by atoms with Crippen molar-refractivity contribution >= 4 is 17.3 Å². The molecule has 21 heavy (non-hydrogen) atoms. The first-order valence-corrected chi connectivity index (χ1v) is 7.44. The summed E-state index contributed by atoms with van der Waals surface area (Å²) in [6, 6.07) is 9.31. The molecule has 1 fully saturated rings. The second-order valence-electron chi connectivity index (χ2n) is 5.34. The Bertz CT molecular complexity index is 678. The highest BCUT2D eigenvalue weighted by atomic mass is 35.5. The second-order valence-corrected chi connectivity index (χ2v) is 5.72. The molecular formula is C15H18ClN4O+. The zero-order valence-corrected chi connectivity index (χ0v) is 12.7. The lowest BCUT2D eigenvalue weighted by atomic mass is 10.3. The van der Waals surface area contributed by atoms with Crippen LogP contribution < -0.4 is 15.4 Å². The molecule has 5 nitrogen and oxygen atoms in total. The molecule has 2 heterocycles. The van der Waals surface area contributed by atoms with Gasteiger partial charge in [-0.15, -0.1) is 0 Å². The fourth-order valence-corrected chi connectivity index (χ4v) is 2.78. The first kappa shape index (κ1) is 14.1. The van der Waals surface area contributed by atoms with Gasteiger partial charge in [-0.1, -0.05) is 29.8 Å². The minimum Gasteiger partial charge on any atom is -0.358 e. The van der Waals surface area contributed by atoms with Crippen molar-refractivity contribution in [1.29, 1.82) is 0 Å². The number of nitrogens with zero attached hydrogens (tertiary/aromatic N) is 3. The standard InChI is InChI=1S/C15H17ClN4O/c1-18-7-9-19(10-8-18)13-11-17-20(15(21)14(13)16)12-5-3-2-4-6-12/h2-6,11H,7-10H2,1H3/p+1. The molecule has 1 aromatic heterocycles. The van der Waals surface area contributed by atoms with Crippen molar-refractivity contribution in [2.24, 2.45) is 0 Å². The Hall–Kier alpha value is -1.85. The smallest absolute Gasteiger partial charge is 0.292 e. The van der Waals surface area contributed by atoms with Crippen LogP contribution in [0.5, 0.6) is 0 Å². The predicted octanol–water partition coefficient (Wildman–Crippen LogP) is 0.221. The third-order valence-corrected chi connectivity index (χ3v) is 4.21. The van der Waals surface area contributed by atoms with E-state index in [2.05, 4.69) is 17.0 Å². The van der Waals surface area contributed by atoms with Crippen LogP contribution in [0.4, 0.5) is 5.69 Å². The summed E-state index contributed by atoms with van der Waals surface area (Å²) >= 11 is 6.30. The van der Waals surface area contributed by atoms with Crippen molar-refractivity contribution in [3.63, 3.8) is 0 Å². The van der Waals surface area contributed by atoms with E-state index in [1.807, 2.05) is 30.3 Å². The van der Waals surface area contributed by atoms with E-state index in [4.69, 9.17) is 11.6 Å². The number of rotatable bonds is 2. The molecule has 0 atom stereocenters. The zero-order valence-electron chi connectivity index (χ0n) is 11.9. The van der Waals surface area contributed by atoms with Gasteiger partial charge in [-0.3, -0.25) is 4.79 Å². The second kappa shape index (κ2) is 5.87. The molecule has 1 saturated heterocycles. The Balaban J connectivity index is 1.96. The summed E-state index contributed by atoms with van der Waals surface area (Å²) in [6.45, 7) is 3.86. The molecular weight excluding hydrogens is 288 g/mol. The van der Waals surface area contributed by atoms with Gasteiger partial charge in [0.1, 0.15) is 5.02 Å². The van der Waals surface area contributed by atoms with Crippen molar-refractivity contribution in [3.05, 3.63) is 51.9 Å². The number of para-hydroxylation sites is 1. The zero-order chi connectivity index (χ0) is 14.8. The first-order valence-electron chi connectivity index (χ1n) is 7.06. The lowest BCUT2D eigenvalue weighted by Gasteiger charge is -2.31. The molecule has 1 aromatic carbocycles. The van der Waals surface area contributed by atoms with Gasteiger partial charge in [0.05, 0.1) is 50.8 Å². The molecule has 0 bridgehead atoms. The highest BCUT2D eigenvalue weighted by Crippen LogP contribution is 2.21. The van der Waals surface area contributed by atoms with Crippen LogP contribution in [-0.4, -0.2) is 43.0 Å². The van der Waals surface area contributed by atoms with Crippen LogP contribution in [0.1, 0.15) is 0 Å². The molecule has 0 saturated carbocycles. The summed E-state index contributed by atoms with van der Waals surface area (Å²) < 4.78 is 1.34. The quantitative estimate of drug-likeness (QED) is 0.863. The molecule has 1 N–H and O–H groups in total. The summed E-state index contributed by atoms with van der Waals surface area (Å²) in [6.07, 6.45) is 1.69. The molecule has 110 valence electrons. The third kappa shape index (κ3) is 2.80. The van der Waals surface area contributed by atoms with Gasteiger partial charge in [0.15, 0.2) is 0 Å². The minimum absolute atomic E-state index is 0.244. The summed E-state index contributed by atoms with van der Waals surface area (Å²) in [5, 5.41) is 4.52. The van der Waals surface area contributed by atoms with Gasteiger partial charge in [0.25, 0.3) is 5.56 Å². The Morgan fingerprint density at radius 3 is 2.52 bits per heavy atom. The fraction of sp³-hybridized carbons (Fsp3) is 0.333. The predicted molar refractivity (Wildman–Crippen MR) is 83.7 cm³/mol. The fourth-order valence-electron chi connectivity index (χ4n) is 2.53. The maximum atomic E-state index is 12.4. The monoisotopic (exact) mass is 305 g/mol. The van der Waals surface area contributed by atoms with Crippen LogP contribution in [0.2, 0.25) is 5.02 Å². The van der Waals surface area contributed by atoms with Crippen LogP contribution in [-0.2, 0) is 0 Å². The molecule has 2 aromatic rings. The highest BCUT2D eigenvalue weighted by molar-refractivity contribution is 6.33. The summed E-state index contributed by atoms with van der Waals surface area (Å²) in [5.41, 5.74) is 1.19. The average molecular weight is 306 g/mol. The number of hydrogen-bond acceptors (Lipinski definition) is 3. The maximum Gasteiger partial charge on any atom is 0.292 e. The van der Waals surface area contributed by atoms with Gasteiger partial charge in [-0.25, -0.2) is 0 Å². The van der Waals surface area contributed by atoms with Gasteiger partial charge >= 0.3 is 0 Å². The maximum absolute atomic E-state index is 12.4. The molecule has 0 radical (unpaired) electrons. The lowest BCUT2D eigenvalue weighted by Crippen LogP contribution is -3.12. The SMILES string of the molecule is C[NH+]1CCN(c2cnn(-c3ccccc3)c(=O)c2Cl)CC1. The minimum atomic E-state index is -0.272. The van der Waals surface area contributed by atoms with Gasteiger partial charge in [-0.2, -0.15) is 9.78 Å². The molecule has 1 aliphatic heterocycles. The van der Waals surface area contributed by atoms with Crippen LogP contribution in [0, 0.1) is 0 Å². The van der Waals surface area contributed by atoms with E-state index < -0.39 is 0 Å². The number of anilines is 1. The van der Waals surface area contributed by atoms with Crippen LogP contribution >= 0.6 is 11.6 Å². The van der Waals surface area contributed by atoms with E-state index in [1.54, 1.807) is 6.20 Å². The van der Waals surface area contributed by atoms with Crippen molar-refractivity contribution in [2.75, 3.05) is 38.1 Å². The lowest BCUT2D eigenvalue weighted by molar-refractivity contribution is -0.880. The summed E-state index contributed by atoms with van der Waals surface area (Å²) in [4.78, 5) is 16.1. The highest BCUT2D eigenvalue weighted by Gasteiger charge is 2.21. The molecule has 0 amide bonds. The van der Waals surface area contributed by atoms with Crippen LogP contribution in [0.15, 0.2) is 41.3 Å². The number of piperazine rings is 1. The van der Waals surface area contributed by atoms with Crippen molar-refractivity contribution in [3.8, 4) is 5.69 Å². The number of benzene rings is 1. The normalized spacial score (nSPS) is 16.2. The van der Waals surface area contributed by atoms with E-state index in [1.165, 1.54) is 9.58 Å². The van der Waals surface area contributed by atoms with Gasteiger partial charge < -0.3 is 9.80 Å². The molecule has 0 unspecified atom stereocenters. The number of halogens is 1. The van der Waals surface area contributed by atoms with Crippen LogP contribution in [0.3, 0.4) is 0 Å². The number of hydrogen-bond donors (Lipinski definition) is 1. The van der Waals surface area contributed by atoms with Crippen molar-refractivity contribution in [2.45, 2.75) is 0 Å². The van der Waals surface area contributed by atoms with E-state index in [0.29, 0.717) is 0 Å². The number of likely N-dealkylation sites (N-methyl/N-ethyl adjacent to an activating group) is 1. The first-order chi connectivity index (χ1) is 10.2. The Morgan fingerprint density at radius 1 is 1.19 bits per heavy atom. The van der Waals surface area contributed by atoms with E-state index in [9.17, 15) is 4.79 Å².